The highest BCUT2D eigenvalue weighted by Gasteiger charge is 2.01. The van der Waals surface area contributed by atoms with Gasteiger partial charge in [-0.15, -0.1) is 0 Å². The summed E-state index contributed by atoms with van der Waals surface area (Å²) in [5, 5.41) is 4.03. The molecule has 0 amide bonds. The first-order chi connectivity index (χ1) is 7.50. The topological polar surface area (TPSA) is 53.6 Å². The Balaban J connectivity index is 2.81. The number of nitrogens with one attached hydrogen (secondary N) is 1. The van der Waals surface area contributed by atoms with Crippen molar-refractivity contribution in [1.29, 1.82) is 0 Å². The summed E-state index contributed by atoms with van der Waals surface area (Å²) in [5.74, 6) is 0. The van der Waals surface area contributed by atoms with Gasteiger partial charge in [-0.3, -0.25) is 5.43 Å². The first-order valence-corrected chi connectivity index (χ1v) is 5.76. The van der Waals surface area contributed by atoms with Gasteiger partial charge in [-0.1, -0.05) is 6.07 Å². The molecule has 0 unspecified atom stereocenters. The summed E-state index contributed by atoms with van der Waals surface area (Å²) in [4.78, 5) is 2.03. The Morgan fingerprint density at radius 3 is 2.75 bits per heavy atom. The van der Waals surface area contributed by atoms with E-state index in [1.807, 2.05) is 37.2 Å². The van der Waals surface area contributed by atoms with Crippen molar-refractivity contribution in [2.24, 2.45) is 10.8 Å². The van der Waals surface area contributed by atoms with Crippen molar-refractivity contribution in [2.45, 2.75) is 0 Å². The predicted molar refractivity (Wildman–Crippen MR) is 76.0 cm³/mol. The lowest BCUT2D eigenvalue weighted by Gasteiger charge is -2.14. The molecule has 16 heavy (non-hydrogen) atoms. The van der Waals surface area contributed by atoms with Crippen LogP contribution in [0.1, 0.15) is 5.56 Å². The maximum Gasteiger partial charge on any atom is 0.184 e. The van der Waals surface area contributed by atoms with Crippen molar-refractivity contribution >= 4 is 45.2 Å². The first kappa shape index (κ1) is 12.9. The molecule has 1 rings (SSSR count). The average molecular weight is 301 g/mol. The number of benzene rings is 1. The normalized spacial score (nSPS) is 10.4. The van der Waals surface area contributed by atoms with Gasteiger partial charge in [0.1, 0.15) is 0 Å². The fraction of sp³-hybridized carbons (Fsp3) is 0.200. The molecule has 0 aliphatic heterocycles. The lowest BCUT2D eigenvalue weighted by Crippen LogP contribution is -2.23. The van der Waals surface area contributed by atoms with Gasteiger partial charge < -0.3 is 10.6 Å². The molecule has 0 spiro atoms. The van der Waals surface area contributed by atoms with Gasteiger partial charge in [-0.25, -0.2) is 0 Å². The van der Waals surface area contributed by atoms with Gasteiger partial charge in [0.15, 0.2) is 5.11 Å². The number of thiocarbonyl (C=S) groups is 1. The molecular weight excluding hydrogens is 288 g/mol. The summed E-state index contributed by atoms with van der Waals surface area (Å²) < 4.78 is 1.01. The van der Waals surface area contributed by atoms with E-state index in [2.05, 4.69) is 38.7 Å². The smallest absolute Gasteiger partial charge is 0.184 e. The van der Waals surface area contributed by atoms with Gasteiger partial charge in [-0.05, 0) is 45.8 Å². The predicted octanol–water partition coefficient (Wildman–Crippen LogP) is 1.68. The number of rotatable bonds is 3. The summed E-state index contributed by atoms with van der Waals surface area (Å²) in [6.45, 7) is 0. The van der Waals surface area contributed by atoms with Gasteiger partial charge in [-0.2, -0.15) is 5.10 Å². The fourth-order valence-electron chi connectivity index (χ4n) is 1.14. The number of anilines is 1. The number of hydrazone groups is 1. The van der Waals surface area contributed by atoms with Crippen LogP contribution in [0.4, 0.5) is 5.69 Å². The fourth-order valence-corrected chi connectivity index (χ4v) is 1.94. The van der Waals surface area contributed by atoms with Gasteiger partial charge in [0.25, 0.3) is 0 Å². The molecule has 0 aliphatic carbocycles. The monoisotopic (exact) mass is 300 g/mol. The van der Waals surface area contributed by atoms with E-state index in [4.69, 9.17) is 5.73 Å². The van der Waals surface area contributed by atoms with E-state index in [1.165, 1.54) is 0 Å². The molecule has 1 aromatic rings. The van der Waals surface area contributed by atoms with Gasteiger partial charge in [0.05, 0.1) is 11.9 Å². The maximum atomic E-state index is 5.24. The summed E-state index contributed by atoms with van der Waals surface area (Å²) >= 11 is 8.12. The minimum Gasteiger partial charge on any atom is -0.377 e. The molecule has 0 atom stereocenters. The van der Waals surface area contributed by atoms with E-state index in [0.717, 1.165) is 15.7 Å². The van der Waals surface area contributed by atoms with Crippen molar-refractivity contribution in [3.8, 4) is 0 Å². The van der Waals surface area contributed by atoms with E-state index in [1.54, 1.807) is 6.21 Å². The van der Waals surface area contributed by atoms with Crippen LogP contribution in [-0.4, -0.2) is 25.4 Å². The lowest BCUT2D eigenvalue weighted by atomic mass is 10.2. The van der Waals surface area contributed by atoms with Gasteiger partial charge >= 0.3 is 0 Å². The molecule has 4 nitrogen and oxygen atoms in total. The maximum absolute atomic E-state index is 5.24. The number of hydrogen-bond donors (Lipinski definition) is 2. The van der Waals surface area contributed by atoms with Crippen LogP contribution in [0.2, 0.25) is 0 Å². The molecule has 86 valence electrons. The molecule has 0 aromatic heterocycles. The SMILES string of the molecule is CN(C)c1ccc(C=NNC(N)=S)cc1Br. The highest BCUT2D eigenvalue weighted by Crippen LogP contribution is 2.25. The van der Waals surface area contributed by atoms with Crippen LogP contribution in [0, 0.1) is 0 Å². The molecule has 6 heteroatoms. The molecule has 0 saturated carbocycles. The van der Waals surface area contributed by atoms with Crippen molar-refractivity contribution in [2.75, 3.05) is 19.0 Å². The van der Waals surface area contributed by atoms with Crippen molar-refractivity contribution < 1.29 is 0 Å². The van der Waals surface area contributed by atoms with E-state index in [0.29, 0.717) is 0 Å². The Bertz CT molecular complexity index is 417. The number of nitrogens with two attached hydrogens (primary N) is 1. The van der Waals surface area contributed by atoms with E-state index in [-0.39, 0.29) is 5.11 Å². The van der Waals surface area contributed by atoms with Crippen molar-refractivity contribution in [3.05, 3.63) is 28.2 Å². The molecule has 1 aromatic carbocycles. The van der Waals surface area contributed by atoms with Crippen molar-refractivity contribution in [1.82, 2.24) is 5.43 Å². The zero-order chi connectivity index (χ0) is 12.1. The van der Waals surface area contributed by atoms with Crippen LogP contribution in [0.3, 0.4) is 0 Å². The lowest BCUT2D eigenvalue weighted by molar-refractivity contribution is 1.04. The quantitative estimate of drug-likeness (QED) is 0.507. The van der Waals surface area contributed by atoms with Crippen LogP contribution in [0.5, 0.6) is 0 Å². The van der Waals surface area contributed by atoms with Crippen LogP contribution in [-0.2, 0) is 0 Å². The van der Waals surface area contributed by atoms with E-state index < -0.39 is 0 Å². The second-order valence-electron chi connectivity index (χ2n) is 3.34. The highest BCUT2D eigenvalue weighted by atomic mass is 79.9. The Kier molecular flexibility index (Phi) is 4.70. The number of hydrogen-bond acceptors (Lipinski definition) is 3. The largest absolute Gasteiger partial charge is 0.377 e. The van der Waals surface area contributed by atoms with Gasteiger partial charge in [0.2, 0.25) is 0 Å². The van der Waals surface area contributed by atoms with Crippen molar-refractivity contribution in [3.63, 3.8) is 0 Å². The molecular formula is C10H13BrN4S. The van der Waals surface area contributed by atoms with Crippen LogP contribution < -0.4 is 16.1 Å². The summed E-state index contributed by atoms with van der Waals surface area (Å²) in [6, 6.07) is 5.94. The molecule has 0 radical (unpaired) electrons. The Hall–Kier alpha value is -1.14. The van der Waals surface area contributed by atoms with Gasteiger partial charge in [0, 0.05) is 18.6 Å². The third kappa shape index (κ3) is 3.79. The van der Waals surface area contributed by atoms with E-state index in [9.17, 15) is 0 Å². The summed E-state index contributed by atoms with van der Waals surface area (Å²) in [6.07, 6.45) is 1.66. The average Bonchev–Trinajstić information content (AvgIpc) is 2.16. The van der Waals surface area contributed by atoms with Crippen LogP contribution in [0.25, 0.3) is 0 Å². The van der Waals surface area contributed by atoms with Crippen LogP contribution in [0.15, 0.2) is 27.8 Å². The second kappa shape index (κ2) is 5.81. The second-order valence-corrected chi connectivity index (χ2v) is 4.63. The zero-order valence-corrected chi connectivity index (χ0v) is 11.5. The minimum atomic E-state index is 0.153. The summed E-state index contributed by atoms with van der Waals surface area (Å²) in [7, 11) is 3.98. The molecule has 3 N–H and O–H groups in total. The Labute approximate surface area is 109 Å². The molecule has 0 bridgehead atoms. The Morgan fingerprint density at radius 2 is 2.25 bits per heavy atom. The Morgan fingerprint density at radius 1 is 1.56 bits per heavy atom. The first-order valence-electron chi connectivity index (χ1n) is 4.56. The third-order valence-electron chi connectivity index (χ3n) is 1.84. The standard InChI is InChI=1S/C10H13BrN4S/c1-15(2)9-4-3-7(5-8(9)11)6-13-14-10(12)16/h3-6H,1-2H3,(H3,12,14,16). The molecule has 0 heterocycles. The minimum absolute atomic E-state index is 0.153. The zero-order valence-electron chi connectivity index (χ0n) is 9.07. The number of nitrogens with zero attached hydrogens (tertiary/aromatic N) is 2. The van der Waals surface area contributed by atoms with Crippen LogP contribution >= 0.6 is 28.1 Å². The number of halogens is 1. The molecule has 0 fully saturated rings. The molecule has 0 saturated heterocycles. The highest BCUT2D eigenvalue weighted by molar-refractivity contribution is 9.10. The summed E-state index contributed by atoms with van der Waals surface area (Å²) in [5.41, 5.74) is 9.81. The molecule has 0 aliphatic rings. The third-order valence-corrected chi connectivity index (χ3v) is 2.57. The van der Waals surface area contributed by atoms with E-state index >= 15 is 0 Å².